The Morgan fingerprint density at radius 3 is 1.90 bits per heavy atom. The number of morpholine rings is 2. The average molecular weight is 676 g/mol. The highest BCUT2D eigenvalue weighted by atomic mass is 16.5. The smallest absolute Gasteiger partial charge is 0.187 e. The van der Waals surface area contributed by atoms with Gasteiger partial charge in [-0.25, -0.2) is 4.85 Å². The molecule has 7 heteroatoms. The van der Waals surface area contributed by atoms with Crippen LogP contribution in [0.3, 0.4) is 0 Å². The van der Waals surface area contributed by atoms with Gasteiger partial charge in [-0.15, -0.1) is 0 Å². The van der Waals surface area contributed by atoms with E-state index in [-0.39, 0.29) is 5.41 Å². The largest absolute Gasteiger partial charge is 0.497 e. The third kappa shape index (κ3) is 5.00. The molecule has 0 saturated carbocycles. The lowest BCUT2D eigenvalue weighted by molar-refractivity contribution is 0.122. The maximum Gasteiger partial charge on any atom is 0.187 e. The number of ether oxygens (including phenoxy) is 4. The van der Waals surface area contributed by atoms with Crippen molar-refractivity contribution in [2.75, 3.05) is 69.5 Å². The molecular formula is C44H41N3O4. The molecule has 0 atom stereocenters. The van der Waals surface area contributed by atoms with Gasteiger partial charge in [0.25, 0.3) is 0 Å². The molecule has 0 N–H and O–H groups in total. The zero-order valence-corrected chi connectivity index (χ0v) is 29.4. The van der Waals surface area contributed by atoms with Crippen LogP contribution >= 0.6 is 0 Å². The number of fused-ring (bicyclic) bond motifs is 8. The Balaban J connectivity index is 1.24. The molecule has 0 amide bonds. The highest BCUT2D eigenvalue weighted by Crippen LogP contribution is 2.59. The fourth-order valence-electron chi connectivity index (χ4n) is 8.61. The van der Waals surface area contributed by atoms with Crippen molar-refractivity contribution in [1.29, 1.82) is 0 Å². The van der Waals surface area contributed by atoms with E-state index in [0.29, 0.717) is 5.69 Å². The molecule has 2 fully saturated rings. The molecule has 0 aromatic heterocycles. The first-order valence-electron chi connectivity index (χ1n) is 17.9. The zero-order valence-electron chi connectivity index (χ0n) is 29.4. The summed E-state index contributed by atoms with van der Waals surface area (Å²) < 4.78 is 24.6. The molecule has 9 rings (SSSR count). The summed E-state index contributed by atoms with van der Waals surface area (Å²) in [6, 6.07) is 30.2. The van der Waals surface area contributed by atoms with Crippen LogP contribution in [0.5, 0.6) is 11.5 Å². The Morgan fingerprint density at radius 2 is 1.33 bits per heavy atom. The topological polar surface area (TPSA) is 47.8 Å². The minimum atomic E-state index is -0.892. The molecule has 0 spiro atoms. The molecule has 2 saturated heterocycles. The molecule has 3 heterocycles. The van der Waals surface area contributed by atoms with Gasteiger partial charge in [-0.1, -0.05) is 62.4 Å². The lowest BCUT2D eigenvalue weighted by atomic mass is 9.76. The number of rotatable bonds is 5. The first-order chi connectivity index (χ1) is 24.9. The van der Waals surface area contributed by atoms with Gasteiger partial charge in [-0.05, 0) is 76.2 Å². The predicted molar refractivity (Wildman–Crippen MR) is 204 cm³/mol. The molecule has 51 heavy (non-hydrogen) atoms. The zero-order chi connectivity index (χ0) is 34.7. The second kappa shape index (κ2) is 12.2. The van der Waals surface area contributed by atoms with Crippen molar-refractivity contribution in [3.05, 3.63) is 130 Å². The van der Waals surface area contributed by atoms with Gasteiger partial charge in [0.1, 0.15) is 11.5 Å². The summed E-state index contributed by atoms with van der Waals surface area (Å²) >= 11 is 0. The van der Waals surface area contributed by atoms with Crippen LogP contribution in [-0.4, -0.2) is 59.7 Å². The van der Waals surface area contributed by atoms with Gasteiger partial charge in [-0.2, -0.15) is 0 Å². The van der Waals surface area contributed by atoms with Crippen LogP contribution in [0.2, 0.25) is 0 Å². The molecule has 4 aliphatic rings. The second-order valence-electron chi connectivity index (χ2n) is 14.3. The van der Waals surface area contributed by atoms with E-state index in [1.807, 2.05) is 12.1 Å². The number of methoxy groups -OCH3 is 1. The van der Waals surface area contributed by atoms with Crippen molar-refractivity contribution >= 4 is 33.9 Å². The molecule has 1 aliphatic carbocycles. The molecule has 0 radical (unpaired) electrons. The van der Waals surface area contributed by atoms with Gasteiger partial charge < -0.3 is 28.7 Å². The van der Waals surface area contributed by atoms with E-state index in [9.17, 15) is 0 Å². The lowest BCUT2D eigenvalue weighted by Gasteiger charge is -2.39. The molecule has 0 unspecified atom stereocenters. The standard InChI is InChI=1S/C44H41N3O4/c1-43(2)39-27-31(45-3)9-15-36(39)40-35-16-14-34(48-4)28-38(35)42-37(41(40)43)17-18-44(51-42,29-5-10-32(11-6-29)46-19-23-49-24-20-46)30-7-12-33(13-8-30)47-21-25-50-26-22-47/h5-18,27-28H,19-26H2,1-2,4H3. The van der Waals surface area contributed by atoms with E-state index in [2.05, 4.69) is 113 Å². The van der Waals surface area contributed by atoms with Gasteiger partial charge in [-0.3, -0.25) is 0 Å². The number of hydrogen-bond acceptors (Lipinski definition) is 6. The molecular weight excluding hydrogens is 635 g/mol. The fraction of sp³-hybridized carbons (Fsp3) is 0.295. The molecule has 5 aromatic carbocycles. The number of anilines is 2. The van der Waals surface area contributed by atoms with Crippen molar-refractivity contribution in [1.82, 2.24) is 0 Å². The highest BCUT2D eigenvalue weighted by molar-refractivity contribution is 6.09. The summed E-state index contributed by atoms with van der Waals surface area (Å²) in [5.41, 5.74) is 9.73. The molecule has 0 bridgehead atoms. The van der Waals surface area contributed by atoms with E-state index >= 15 is 0 Å². The molecule has 256 valence electrons. The summed E-state index contributed by atoms with van der Waals surface area (Å²) in [5.74, 6) is 1.62. The maximum atomic E-state index is 7.74. The summed E-state index contributed by atoms with van der Waals surface area (Å²) in [6.07, 6.45) is 4.53. The highest BCUT2D eigenvalue weighted by Gasteiger charge is 2.44. The summed E-state index contributed by atoms with van der Waals surface area (Å²) in [5, 5.41) is 2.12. The van der Waals surface area contributed by atoms with Crippen molar-refractivity contribution in [2.45, 2.75) is 24.9 Å². The van der Waals surface area contributed by atoms with Crippen molar-refractivity contribution < 1.29 is 18.9 Å². The Morgan fingerprint density at radius 1 is 0.725 bits per heavy atom. The monoisotopic (exact) mass is 675 g/mol. The Bertz CT molecular complexity index is 2160. The number of benzene rings is 5. The average Bonchev–Trinajstić information content (AvgIpc) is 3.44. The molecule has 7 nitrogen and oxygen atoms in total. The SMILES string of the molecule is [C-]#[N+]c1ccc2c(c1)C(C)(C)c1c3c(c4cc(OC)ccc4c1-2)OC(c1ccc(N2CCOCC2)cc1)(c1ccc(N2CCOCC2)cc1)C=C3. The Hall–Kier alpha value is -5.29. The quantitative estimate of drug-likeness (QED) is 0.174. The van der Waals surface area contributed by atoms with Crippen LogP contribution < -0.4 is 19.3 Å². The lowest BCUT2D eigenvalue weighted by Crippen LogP contribution is -2.37. The third-order valence-electron chi connectivity index (χ3n) is 11.3. The van der Waals surface area contributed by atoms with Gasteiger partial charge in [0, 0.05) is 65.0 Å². The van der Waals surface area contributed by atoms with E-state index < -0.39 is 5.60 Å². The van der Waals surface area contributed by atoms with Crippen LogP contribution in [0, 0.1) is 6.57 Å². The van der Waals surface area contributed by atoms with Crippen molar-refractivity contribution in [3.8, 4) is 22.6 Å². The predicted octanol–water partition coefficient (Wildman–Crippen LogP) is 8.73. The Labute approximate surface area is 299 Å². The van der Waals surface area contributed by atoms with Gasteiger partial charge in [0.05, 0.1) is 40.1 Å². The number of nitrogens with zero attached hydrogens (tertiary/aromatic N) is 3. The fourth-order valence-corrected chi connectivity index (χ4v) is 8.61. The minimum Gasteiger partial charge on any atom is -0.497 e. The van der Waals surface area contributed by atoms with Crippen LogP contribution in [0.1, 0.15) is 41.7 Å². The first kappa shape index (κ1) is 31.7. The summed E-state index contributed by atoms with van der Waals surface area (Å²) in [6.45, 7) is 18.8. The van der Waals surface area contributed by atoms with Crippen LogP contribution in [0.4, 0.5) is 17.1 Å². The minimum absolute atomic E-state index is 0.350. The third-order valence-corrected chi connectivity index (χ3v) is 11.3. The number of hydrogen-bond donors (Lipinski definition) is 0. The van der Waals surface area contributed by atoms with Crippen molar-refractivity contribution in [3.63, 3.8) is 0 Å². The van der Waals surface area contributed by atoms with E-state index in [1.165, 1.54) is 33.6 Å². The normalized spacial score (nSPS) is 18.4. The van der Waals surface area contributed by atoms with Crippen molar-refractivity contribution in [2.24, 2.45) is 0 Å². The summed E-state index contributed by atoms with van der Waals surface area (Å²) in [4.78, 5) is 8.55. The van der Waals surface area contributed by atoms with E-state index in [4.69, 9.17) is 25.5 Å². The van der Waals surface area contributed by atoms with E-state index in [0.717, 1.165) is 91.6 Å². The maximum absolute atomic E-state index is 7.74. The van der Waals surface area contributed by atoms with Gasteiger partial charge >= 0.3 is 0 Å². The van der Waals surface area contributed by atoms with Crippen LogP contribution in [0.25, 0.3) is 32.8 Å². The Kier molecular flexibility index (Phi) is 7.57. The van der Waals surface area contributed by atoms with Gasteiger partial charge in [0.2, 0.25) is 0 Å². The molecule has 3 aliphatic heterocycles. The van der Waals surface area contributed by atoms with E-state index in [1.54, 1.807) is 7.11 Å². The van der Waals surface area contributed by atoms with Crippen LogP contribution in [0.15, 0.2) is 91.0 Å². The van der Waals surface area contributed by atoms with Crippen LogP contribution in [-0.2, 0) is 20.5 Å². The summed E-state index contributed by atoms with van der Waals surface area (Å²) in [7, 11) is 1.71. The first-order valence-corrected chi connectivity index (χ1v) is 17.9. The van der Waals surface area contributed by atoms with Gasteiger partial charge in [0.15, 0.2) is 11.3 Å². The second-order valence-corrected chi connectivity index (χ2v) is 14.3. The molecule has 5 aromatic rings.